The Balaban J connectivity index is 0. The minimum absolute atomic E-state index is 0. The van der Waals surface area contributed by atoms with Gasteiger partial charge in [-0.3, -0.25) is 4.90 Å². The van der Waals surface area contributed by atoms with Crippen LogP contribution >= 0.6 is 0 Å². The summed E-state index contributed by atoms with van der Waals surface area (Å²) in [6.07, 6.45) is 0. The average Bonchev–Trinajstić information content (AvgIpc) is 2.24. The van der Waals surface area contributed by atoms with Gasteiger partial charge in [0.05, 0.1) is 26.7 Å². The van der Waals surface area contributed by atoms with Crippen molar-refractivity contribution >= 4 is 0 Å². The van der Waals surface area contributed by atoms with Gasteiger partial charge in [0.25, 0.3) is 0 Å². The third kappa shape index (κ3) is 6.49. The van der Waals surface area contributed by atoms with Gasteiger partial charge in [0.15, 0.2) is 0 Å². The molecule has 0 bridgehead atoms. The molecule has 0 aliphatic carbocycles. The van der Waals surface area contributed by atoms with Crippen molar-refractivity contribution in [2.75, 3.05) is 46.3 Å². The second-order valence-corrected chi connectivity index (χ2v) is 5.08. The van der Waals surface area contributed by atoms with Crippen LogP contribution in [0, 0.1) is 5.92 Å². The number of rotatable bonds is 3. The highest BCUT2D eigenvalue weighted by Crippen LogP contribution is 2.10. The van der Waals surface area contributed by atoms with E-state index in [0.29, 0.717) is 0 Å². The summed E-state index contributed by atoms with van der Waals surface area (Å²) in [5.41, 5.74) is 0. The van der Waals surface area contributed by atoms with Crippen molar-refractivity contribution in [3.05, 3.63) is 0 Å². The molecule has 1 aliphatic rings. The molecule has 100 valence electrons. The first-order valence-corrected chi connectivity index (χ1v) is 6.61. The van der Waals surface area contributed by atoms with E-state index < -0.39 is 0 Å². The Bertz CT molecular complexity index is 147. The molecule has 1 saturated heterocycles. The molecule has 16 heavy (non-hydrogen) atoms. The van der Waals surface area contributed by atoms with Crippen molar-refractivity contribution in [1.29, 1.82) is 0 Å². The molecule has 2 nitrogen and oxygen atoms in total. The van der Waals surface area contributed by atoms with Crippen molar-refractivity contribution in [2.45, 2.75) is 42.0 Å². The normalized spacial score (nSPS) is 19.7. The van der Waals surface area contributed by atoms with Gasteiger partial charge in [-0.1, -0.05) is 35.1 Å². The van der Waals surface area contributed by atoms with Gasteiger partial charge in [-0.05, 0) is 12.8 Å². The summed E-state index contributed by atoms with van der Waals surface area (Å²) >= 11 is 0. The summed E-state index contributed by atoms with van der Waals surface area (Å²) in [5.74, 6) is 0.818. The quantitative estimate of drug-likeness (QED) is 0.675. The zero-order valence-corrected chi connectivity index (χ0v) is 11.7. The van der Waals surface area contributed by atoms with Gasteiger partial charge in [0.2, 0.25) is 0 Å². The Morgan fingerprint density at radius 2 is 1.56 bits per heavy atom. The van der Waals surface area contributed by atoms with E-state index in [9.17, 15) is 0 Å². The summed E-state index contributed by atoms with van der Waals surface area (Å²) < 4.78 is 1.27. The Morgan fingerprint density at radius 1 is 1.12 bits per heavy atom. The third-order valence-electron chi connectivity index (χ3n) is 3.30. The molecule has 1 fully saturated rings. The topological polar surface area (TPSA) is 3.24 Å². The molecular formula is C14H35N2+. The summed E-state index contributed by atoms with van der Waals surface area (Å²) in [6, 6.07) is 0. The Labute approximate surface area is 104 Å². The molecule has 0 atom stereocenters. The van der Waals surface area contributed by atoms with Crippen LogP contribution in [0.25, 0.3) is 0 Å². The van der Waals surface area contributed by atoms with Gasteiger partial charge in [0.1, 0.15) is 0 Å². The maximum Gasteiger partial charge on any atom is 0.0914 e. The first kappa shape index (κ1) is 18.3. The van der Waals surface area contributed by atoms with Gasteiger partial charge >= 0.3 is 0 Å². The molecule has 0 spiro atoms. The first-order valence-electron chi connectivity index (χ1n) is 6.61. The van der Waals surface area contributed by atoms with E-state index in [0.717, 1.165) is 5.92 Å². The van der Waals surface area contributed by atoms with Crippen LogP contribution in [-0.2, 0) is 0 Å². The van der Waals surface area contributed by atoms with E-state index in [1.165, 1.54) is 43.8 Å². The maximum absolute atomic E-state index is 2.61. The zero-order chi connectivity index (χ0) is 11.9. The standard InChI is InChI=1S/C11H25N2.C2H6.CH4/c1-5-13(4)8-6-12(7-9-13)10-11(2)3;1-2;/h11H,5-10H2,1-4H3;1-2H3;1H4/q+1;;. The lowest BCUT2D eigenvalue weighted by Gasteiger charge is -2.41. The van der Waals surface area contributed by atoms with Crippen LogP contribution in [0.4, 0.5) is 0 Å². The lowest BCUT2D eigenvalue weighted by Crippen LogP contribution is -2.57. The third-order valence-corrected chi connectivity index (χ3v) is 3.30. The van der Waals surface area contributed by atoms with Gasteiger partial charge in [-0.15, -0.1) is 0 Å². The second-order valence-electron chi connectivity index (χ2n) is 5.08. The van der Waals surface area contributed by atoms with Crippen molar-refractivity contribution in [3.63, 3.8) is 0 Å². The average molecular weight is 231 g/mol. The molecule has 0 N–H and O–H groups in total. The van der Waals surface area contributed by atoms with Gasteiger partial charge in [-0.25, -0.2) is 0 Å². The Hall–Kier alpha value is -0.0800. The molecule has 1 rings (SSSR count). The van der Waals surface area contributed by atoms with Gasteiger partial charge in [0, 0.05) is 19.6 Å². The molecule has 0 saturated carbocycles. The fourth-order valence-electron chi connectivity index (χ4n) is 2.00. The highest BCUT2D eigenvalue weighted by Gasteiger charge is 2.26. The van der Waals surface area contributed by atoms with E-state index in [1.54, 1.807) is 0 Å². The van der Waals surface area contributed by atoms with Crippen LogP contribution in [0.1, 0.15) is 42.0 Å². The molecule has 0 unspecified atom stereocenters. The highest BCUT2D eigenvalue weighted by atomic mass is 15.4. The largest absolute Gasteiger partial charge is 0.324 e. The SMILES string of the molecule is C.CC.CC[N+]1(C)CCN(CC(C)C)CC1. The van der Waals surface area contributed by atoms with Gasteiger partial charge in [-0.2, -0.15) is 0 Å². The van der Waals surface area contributed by atoms with Crippen molar-refractivity contribution in [2.24, 2.45) is 5.92 Å². The highest BCUT2D eigenvalue weighted by molar-refractivity contribution is 4.64. The molecule has 2 heteroatoms. The Morgan fingerprint density at radius 3 is 1.88 bits per heavy atom. The van der Waals surface area contributed by atoms with E-state index in [1.807, 2.05) is 13.8 Å². The number of likely N-dealkylation sites (N-methyl/N-ethyl adjacent to an activating group) is 1. The zero-order valence-electron chi connectivity index (χ0n) is 11.7. The van der Waals surface area contributed by atoms with Crippen molar-refractivity contribution in [3.8, 4) is 0 Å². The minimum Gasteiger partial charge on any atom is -0.324 e. The fourth-order valence-corrected chi connectivity index (χ4v) is 2.00. The van der Waals surface area contributed by atoms with Crippen LogP contribution < -0.4 is 0 Å². The van der Waals surface area contributed by atoms with E-state index in [-0.39, 0.29) is 7.43 Å². The monoisotopic (exact) mass is 231 g/mol. The first-order chi connectivity index (χ1) is 7.06. The number of hydrogen-bond acceptors (Lipinski definition) is 1. The number of piperazine rings is 1. The molecule has 1 aliphatic heterocycles. The van der Waals surface area contributed by atoms with E-state index in [2.05, 4.69) is 32.7 Å². The summed E-state index contributed by atoms with van der Waals surface area (Å²) in [6.45, 7) is 18.7. The molecule has 1 heterocycles. The predicted octanol–water partition coefficient (Wildman–Crippen LogP) is 3.09. The van der Waals surface area contributed by atoms with Crippen LogP contribution in [-0.4, -0.2) is 55.7 Å². The smallest absolute Gasteiger partial charge is 0.0914 e. The molecule has 0 aromatic heterocycles. The van der Waals surface area contributed by atoms with E-state index in [4.69, 9.17) is 0 Å². The number of hydrogen-bond donors (Lipinski definition) is 0. The lowest BCUT2D eigenvalue weighted by atomic mass is 10.2. The summed E-state index contributed by atoms with van der Waals surface area (Å²) in [7, 11) is 2.38. The molecule has 0 aromatic carbocycles. The van der Waals surface area contributed by atoms with Crippen LogP contribution in [0.2, 0.25) is 0 Å². The van der Waals surface area contributed by atoms with Crippen LogP contribution in [0.5, 0.6) is 0 Å². The summed E-state index contributed by atoms with van der Waals surface area (Å²) in [5, 5.41) is 0. The summed E-state index contributed by atoms with van der Waals surface area (Å²) in [4.78, 5) is 2.61. The van der Waals surface area contributed by atoms with E-state index >= 15 is 0 Å². The van der Waals surface area contributed by atoms with Gasteiger partial charge < -0.3 is 4.48 Å². The second kappa shape index (κ2) is 9.00. The van der Waals surface area contributed by atoms with Crippen molar-refractivity contribution in [1.82, 2.24) is 4.90 Å². The Kier molecular flexibility index (Phi) is 10.3. The predicted molar refractivity (Wildman–Crippen MR) is 75.8 cm³/mol. The number of quaternary nitrogens is 1. The molecular weight excluding hydrogens is 196 g/mol. The maximum atomic E-state index is 2.61. The van der Waals surface area contributed by atoms with Crippen LogP contribution in [0.3, 0.4) is 0 Å². The fraction of sp³-hybridized carbons (Fsp3) is 1.00. The van der Waals surface area contributed by atoms with Crippen LogP contribution in [0.15, 0.2) is 0 Å². The molecule has 0 amide bonds. The molecule has 0 aromatic rings. The molecule has 0 radical (unpaired) electrons. The number of nitrogens with zero attached hydrogens (tertiary/aromatic N) is 2. The minimum atomic E-state index is 0. The van der Waals surface area contributed by atoms with Crippen molar-refractivity contribution < 1.29 is 4.48 Å². The lowest BCUT2D eigenvalue weighted by molar-refractivity contribution is -0.912.